The molecule has 1 saturated heterocycles. The molecule has 0 unspecified atom stereocenters. The van der Waals surface area contributed by atoms with Crippen molar-refractivity contribution in [3.63, 3.8) is 0 Å². The summed E-state index contributed by atoms with van der Waals surface area (Å²) in [5.74, 6) is 0.401. The molecule has 2 aromatic carbocycles. The van der Waals surface area contributed by atoms with Crippen molar-refractivity contribution in [1.29, 1.82) is 0 Å². The van der Waals surface area contributed by atoms with Crippen molar-refractivity contribution in [3.05, 3.63) is 90.1 Å². The second-order valence-electron chi connectivity index (χ2n) is 8.15. The van der Waals surface area contributed by atoms with Crippen LogP contribution in [0.4, 0.5) is 4.39 Å². The third-order valence-electron chi connectivity index (χ3n) is 5.82. The Morgan fingerprint density at radius 2 is 1.68 bits per heavy atom. The third kappa shape index (κ3) is 6.45. The lowest BCUT2D eigenvalue weighted by atomic mass is 10.2. The van der Waals surface area contributed by atoms with Crippen LogP contribution in [0.15, 0.2) is 77.4 Å². The fourth-order valence-corrected chi connectivity index (χ4v) is 3.85. The second kappa shape index (κ2) is 11.5. The Labute approximate surface area is 198 Å². The number of amides is 2. The monoisotopic (exact) mass is 465 g/mol. The summed E-state index contributed by atoms with van der Waals surface area (Å²) in [6.07, 6.45) is 1.47. The maximum Gasteiger partial charge on any atom is 0.289 e. The number of carbonyl (C=O) groups excluding carboxylic acids is 2. The summed E-state index contributed by atoms with van der Waals surface area (Å²) in [5, 5.41) is 0. The summed E-state index contributed by atoms with van der Waals surface area (Å²) in [6, 6.07) is 18.8. The van der Waals surface area contributed by atoms with Crippen LogP contribution in [0.3, 0.4) is 0 Å². The van der Waals surface area contributed by atoms with E-state index in [4.69, 9.17) is 9.15 Å². The number of hydrogen-bond acceptors (Lipinski definition) is 5. The molecule has 0 N–H and O–H groups in total. The molecule has 0 spiro atoms. The number of ether oxygens (including phenoxy) is 1. The van der Waals surface area contributed by atoms with Gasteiger partial charge in [0, 0.05) is 45.8 Å². The highest BCUT2D eigenvalue weighted by molar-refractivity contribution is 5.91. The largest absolute Gasteiger partial charge is 0.484 e. The minimum absolute atomic E-state index is 0.0209. The summed E-state index contributed by atoms with van der Waals surface area (Å²) in [5.41, 5.74) is 0.843. The van der Waals surface area contributed by atoms with Gasteiger partial charge in [0.25, 0.3) is 11.8 Å². The molecule has 0 bridgehead atoms. The highest BCUT2D eigenvalue weighted by Crippen LogP contribution is 2.13. The number of piperazine rings is 1. The van der Waals surface area contributed by atoms with E-state index >= 15 is 0 Å². The van der Waals surface area contributed by atoms with Crippen LogP contribution >= 0.6 is 0 Å². The highest BCUT2D eigenvalue weighted by Gasteiger charge is 2.24. The molecule has 0 aliphatic carbocycles. The summed E-state index contributed by atoms with van der Waals surface area (Å²) in [4.78, 5) is 31.2. The van der Waals surface area contributed by atoms with E-state index < -0.39 is 0 Å². The summed E-state index contributed by atoms with van der Waals surface area (Å²) >= 11 is 0. The van der Waals surface area contributed by atoms with E-state index in [1.807, 2.05) is 35.2 Å². The van der Waals surface area contributed by atoms with Crippen LogP contribution < -0.4 is 4.74 Å². The first-order chi connectivity index (χ1) is 16.6. The van der Waals surface area contributed by atoms with Gasteiger partial charge in [-0.2, -0.15) is 0 Å². The van der Waals surface area contributed by atoms with Crippen molar-refractivity contribution in [2.75, 3.05) is 45.9 Å². The standard InChI is InChI=1S/C26H28FN3O4/c27-22-10-8-21(9-11-22)19-30(26(32)24-7-4-18-33-24)17-14-28-12-15-29(16-13-28)25(31)20-34-23-5-2-1-3-6-23/h1-11,18H,12-17,19-20H2. The molecule has 4 rings (SSSR count). The summed E-state index contributed by atoms with van der Waals surface area (Å²) in [7, 11) is 0. The van der Waals surface area contributed by atoms with E-state index in [1.165, 1.54) is 18.4 Å². The Kier molecular flexibility index (Phi) is 7.93. The Hall–Kier alpha value is -3.65. The van der Waals surface area contributed by atoms with Gasteiger partial charge in [-0.05, 0) is 42.0 Å². The van der Waals surface area contributed by atoms with Gasteiger partial charge in [0.2, 0.25) is 0 Å². The van der Waals surface area contributed by atoms with E-state index in [2.05, 4.69) is 4.90 Å². The average Bonchev–Trinajstić information content (AvgIpc) is 3.42. The van der Waals surface area contributed by atoms with Crippen molar-refractivity contribution in [2.24, 2.45) is 0 Å². The summed E-state index contributed by atoms with van der Waals surface area (Å²) in [6.45, 7) is 4.19. The molecule has 0 saturated carbocycles. The lowest BCUT2D eigenvalue weighted by Gasteiger charge is -2.35. The van der Waals surface area contributed by atoms with Gasteiger partial charge in [0.1, 0.15) is 11.6 Å². The van der Waals surface area contributed by atoms with Crippen LogP contribution in [-0.2, 0) is 11.3 Å². The molecule has 1 fully saturated rings. The molecule has 34 heavy (non-hydrogen) atoms. The Morgan fingerprint density at radius 3 is 2.35 bits per heavy atom. The number of furan rings is 1. The van der Waals surface area contributed by atoms with Gasteiger partial charge in [-0.1, -0.05) is 30.3 Å². The fraction of sp³-hybridized carbons (Fsp3) is 0.308. The molecule has 1 aliphatic rings. The first-order valence-electron chi connectivity index (χ1n) is 11.3. The first-order valence-corrected chi connectivity index (χ1v) is 11.3. The maximum atomic E-state index is 13.3. The molecule has 1 aromatic heterocycles. The number of hydrogen-bond donors (Lipinski definition) is 0. The van der Waals surface area contributed by atoms with Crippen LogP contribution in [0.5, 0.6) is 5.75 Å². The number of carbonyl (C=O) groups is 2. The zero-order valence-electron chi connectivity index (χ0n) is 18.9. The number of para-hydroxylation sites is 1. The van der Waals surface area contributed by atoms with Gasteiger partial charge < -0.3 is 19.0 Å². The smallest absolute Gasteiger partial charge is 0.289 e. The topological polar surface area (TPSA) is 66.2 Å². The first kappa shape index (κ1) is 23.5. The molecular formula is C26H28FN3O4. The normalized spacial score (nSPS) is 14.1. The van der Waals surface area contributed by atoms with Crippen LogP contribution in [-0.4, -0.2) is 72.4 Å². The van der Waals surface area contributed by atoms with Crippen molar-refractivity contribution in [2.45, 2.75) is 6.54 Å². The molecule has 0 atom stereocenters. The van der Waals surface area contributed by atoms with E-state index in [-0.39, 0.29) is 30.0 Å². The zero-order valence-corrected chi connectivity index (χ0v) is 18.9. The number of nitrogens with zero attached hydrogens (tertiary/aromatic N) is 3. The Bertz CT molecular complexity index is 1050. The molecule has 178 valence electrons. The van der Waals surface area contributed by atoms with Crippen LogP contribution in [0, 0.1) is 5.82 Å². The minimum Gasteiger partial charge on any atom is -0.484 e. The minimum atomic E-state index is -0.311. The lowest BCUT2D eigenvalue weighted by Crippen LogP contribution is -2.51. The highest BCUT2D eigenvalue weighted by atomic mass is 19.1. The molecule has 7 nitrogen and oxygen atoms in total. The molecule has 0 radical (unpaired) electrons. The molecule has 2 amide bonds. The summed E-state index contributed by atoms with van der Waals surface area (Å²) < 4.78 is 24.2. The van der Waals surface area contributed by atoms with E-state index in [1.54, 1.807) is 29.2 Å². The second-order valence-corrected chi connectivity index (χ2v) is 8.15. The lowest BCUT2D eigenvalue weighted by molar-refractivity contribution is -0.135. The van der Waals surface area contributed by atoms with Crippen molar-refractivity contribution in [3.8, 4) is 5.75 Å². The van der Waals surface area contributed by atoms with Crippen molar-refractivity contribution < 1.29 is 23.1 Å². The quantitative estimate of drug-likeness (QED) is 0.485. The van der Waals surface area contributed by atoms with Gasteiger partial charge in [-0.15, -0.1) is 0 Å². The molecular weight excluding hydrogens is 437 g/mol. The van der Waals surface area contributed by atoms with Gasteiger partial charge in [0.15, 0.2) is 12.4 Å². The van der Waals surface area contributed by atoms with Gasteiger partial charge >= 0.3 is 0 Å². The van der Waals surface area contributed by atoms with Crippen LogP contribution in [0.25, 0.3) is 0 Å². The fourth-order valence-electron chi connectivity index (χ4n) is 3.85. The Balaban J connectivity index is 1.27. The SMILES string of the molecule is O=C(COc1ccccc1)N1CCN(CCN(Cc2ccc(F)cc2)C(=O)c2ccco2)CC1. The van der Waals surface area contributed by atoms with Gasteiger partial charge in [-0.25, -0.2) is 4.39 Å². The van der Waals surface area contributed by atoms with Crippen LogP contribution in [0.1, 0.15) is 16.1 Å². The van der Waals surface area contributed by atoms with E-state index in [0.29, 0.717) is 38.5 Å². The third-order valence-corrected chi connectivity index (χ3v) is 5.82. The number of halogens is 1. The maximum absolute atomic E-state index is 13.3. The van der Waals surface area contributed by atoms with Crippen molar-refractivity contribution in [1.82, 2.24) is 14.7 Å². The van der Waals surface area contributed by atoms with E-state index in [0.717, 1.165) is 18.7 Å². The van der Waals surface area contributed by atoms with E-state index in [9.17, 15) is 14.0 Å². The predicted octanol–water partition coefficient (Wildman–Crippen LogP) is 3.28. The predicted molar refractivity (Wildman–Crippen MR) is 125 cm³/mol. The van der Waals surface area contributed by atoms with Crippen LogP contribution in [0.2, 0.25) is 0 Å². The molecule has 1 aliphatic heterocycles. The van der Waals surface area contributed by atoms with Gasteiger partial charge in [-0.3, -0.25) is 14.5 Å². The zero-order chi connectivity index (χ0) is 23.8. The molecule has 8 heteroatoms. The Morgan fingerprint density at radius 1 is 0.941 bits per heavy atom. The van der Waals surface area contributed by atoms with Gasteiger partial charge in [0.05, 0.1) is 6.26 Å². The number of rotatable bonds is 9. The molecule has 2 heterocycles. The number of benzene rings is 2. The van der Waals surface area contributed by atoms with Crippen molar-refractivity contribution >= 4 is 11.8 Å². The molecule has 3 aromatic rings. The average molecular weight is 466 g/mol.